The molecular weight excluding hydrogens is 310 g/mol. The predicted molar refractivity (Wildman–Crippen MR) is 84.3 cm³/mol. The van der Waals surface area contributed by atoms with Crippen LogP contribution in [0.25, 0.3) is 0 Å². The van der Waals surface area contributed by atoms with E-state index in [1.807, 2.05) is 19.1 Å². The highest BCUT2D eigenvalue weighted by molar-refractivity contribution is 7.93. The third-order valence-electron chi connectivity index (χ3n) is 3.25. The van der Waals surface area contributed by atoms with Crippen LogP contribution in [0.15, 0.2) is 29.2 Å². The largest absolute Gasteiger partial charge is 0.281 e. The number of alkyl halides is 1. The molecule has 0 spiro atoms. The molecule has 1 heterocycles. The van der Waals surface area contributed by atoms with Crippen LogP contribution in [-0.4, -0.2) is 25.2 Å². The lowest BCUT2D eigenvalue weighted by atomic mass is 10.2. The van der Waals surface area contributed by atoms with Crippen molar-refractivity contribution >= 4 is 27.3 Å². The molecule has 0 radical (unpaired) electrons. The number of nitrogens with zero attached hydrogens (tertiary/aromatic N) is 2. The lowest BCUT2D eigenvalue weighted by molar-refractivity contribution is 0.590. The summed E-state index contributed by atoms with van der Waals surface area (Å²) < 4.78 is 27.2. The number of nitrogens with one attached hydrogen (secondary N) is 1. The summed E-state index contributed by atoms with van der Waals surface area (Å²) in [5, 5.41) is 6.66. The molecule has 1 aromatic heterocycles. The summed E-state index contributed by atoms with van der Waals surface area (Å²) in [6.45, 7) is 5.77. The van der Waals surface area contributed by atoms with Gasteiger partial charge in [-0.1, -0.05) is 17.7 Å². The summed E-state index contributed by atoms with van der Waals surface area (Å²) in [6, 6.07) is 7.37. The summed E-state index contributed by atoms with van der Waals surface area (Å²) >= 11 is 5.80. The van der Waals surface area contributed by atoms with E-state index in [4.69, 9.17) is 11.6 Å². The van der Waals surface area contributed by atoms with Crippen molar-refractivity contribution < 1.29 is 8.42 Å². The van der Waals surface area contributed by atoms with Crippen LogP contribution in [-0.2, 0) is 15.9 Å². The number of rotatable bonds is 5. The molecule has 0 aliphatic heterocycles. The van der Waals surface area contributed by atoms with Gasteiger partial charge < -0.3 is 0 Å². The lowest BCUT2D eigenvalue weighted by Crippen LogP contribution is -2.31. The number of benzene rings is 1. The van der Waals surface area contributed by atoms with Crippen molar-refractivity contribution in [1.29, 1.82) is 0 Å². The van der Waals surface area contributed by atoms with E-state index in [1.165, 1.54) is 4.31 Å². The van der Waals surface area contributed by atoms with Crippen LogP contribution in [0.4, 0.5) is 5.69 Å². The number of hydrogen-bond acceptors (Lipinski definition) is 3. The van der Waals surface area contributed by atoms with Crippen LogP contribution in [0.3, 0.4) is 0 Å². The number of halogens is 1. The van der Waals surface area contributed by atoms with Crippen LogP contribution < -0.4 is 4.31 Å². The molecule has 1 N–H and O–H groups in total. The normalized spacial score (nSPS) is 11.6. The Morgan fingerprint density at radius 1 is 1.24 bits per heavy atom. The fraction of sp³-hybridized carbons (Fsp3) is 0.357. The summed E-state index contributed by atoms with van der Waals surface area (Å²) in [7, 11) is -3.69. The quantitative estimate of drug-likeness (QED) is 0.858. The summed E-state index contributed by atoms with van der Waals surface area (Å²) in [4.78, 5) is 0.167. The van der Waals surface area contributed by atoms with Gasteiger partial charge in [-0.3, -0.25) is 9.40 Å². The van der Waals surface area contributed by atoms with Gasteiger partial charge in [-0.05, 0) is 32.9 Å². The molecular formula is C14H18ClN3O2S. The highest BCUT2D eigenvalue weighted by atomic mass is 35.5. The minimum Gasteiger partial charge on any atom is -0.281 e. The van der Waals surface area contributed by atoms with Gasteiger partial charge in [0.15, 0.2) is 0 Å². The maximum atomic E-state index is 12.9. The molecule has 2 aromatic rings. The molecule has 0 saturated heterocycles. The van der Waals surface area contributed by atoms with E-state index in [0.29, 0.717) is 23.6 Å². The van der Waals surface area contributed by atoms with Crippen LogP contribution in [0.2, 0.25) is 0 Å². The summed E-state index contributed by atoms with van der Waals surface area (Å²) in [6.07, 6.45) is 0. The van der Waals surface area contributed by atoms with Crippen molar-refractivity contribution in [1.82, 2.24) is 10.2 Å². The topological polar surface area (TPSA) is 66.1 Å². The molecule has 0 unspecified atom stereocenters. The summed E-state index contributed by atoms with van der Waals surface area (Å²) in [5.74, 6) is 0.0460. The summed E-state index contributed by atoms with van der Waals surface area (Å²) in [5.41, 5.74) is 2.55. The molecule has 0 aliphatic carbocycles. The fourth-order valence-electron chi connectivity index (χ4n) is 2.21. The Labute approximate surface area is 130 Å². The number of sulfonamides is 1. The molecule has 2 rings (SSSR count). The predicted octanol–water partition coefficient (Wildman–Crippen LogP) is 2.98. The lowest BCUT2D eigenvalue weighted by Gasteiger charge is -2.23. The van der Waals surface area contributed by atoms with Crippen molar-refractivity contribution in [3.8, 4) is 0 Å². The van der Waals surface area contributed by atoms with Gasteiger partial charge >= 0.3 is 0 Å². The number of aromatic amines is 1. The molecule has 0 aliphatic rings. The Morgan fingerprint density at radius 2 is 1.86 bits per heavy atom. The van der Waals surface area contributed by atoms with E-state index in [0.717, 1.165) is 5.56 Å². The van der Waals surface area contributed by atoms with Crippen LogP contribution in [0.5, 0.6) is 0 Å². The first kappa shape index (κ1) is 15.9. The molecule has 114 valence electrons. The van der Waals surface area contributed by atoms with Crippen molar-refractivity contribution in [3.05, 3.63) is 41.2 Å². The Balaban J connectivity index is 2.54. The van der Waals surface area contributed by atoms with Crippen LogP contribution >= 0.6 is 11.6 Å². The molecule has 7 heteroatoms. The van der Waals surface area contributed by atoms with Crippen molar-refractivity contribution in [3.63, 3.8) is 0 Å². The van der Waals surface area contributed by atoms with Gasteiger partial charge in [-0.25, -0.2) is 8.42 Å². The van der Waals surface area contributed by atoms with Crippen molar-refractivity contribution in [2.75, 3.05) is 10.8 Å². The Kier molecular flexibility index (Phi) is 4.58. The molecule has 0 amide bonds. The first-order valence-corrected chi connectivity index (χ1v) is 8.58. The van der Waals surface area contributed by atoms with Gasteiger partial charge in [0.05, 0.1) is 23.0 Å². The highest BCUT2D eigenvalue weighted by Crippen LogP contribution is 2.27. The average molecular weight is 328 g/mol. The monoisotopic (exact) mass is 327 g/mol. The maximum Gasteiger partial charge on any atom is 0.268 e. The minimum absolute atomic E-state index is 0.0460. The van der Waals surface area contributed by atoms with E-state index in [9.17, 15) is 8.42 Å². The molecule has 21 heavy (non-hydrogen) atoms. The van der Waals surface area contributed by atoms with Crippen molar-refractivity contribution in [2.24, 2.45) is 0 Å². The first-order chi connectivity index (χ1) is 9.91. The molecule has 0 fully saturated rings. The second-order valence-electron chi connectivity index (χ2n) is 4.76. The van der Waals surface area contributed by atoms with Gasteiger partial charge in [0.25, 0.3) is 10.0 Å². The van der Waals surface area contributed by atoms with Gasteiger partial charge in [-0.2, -0.15) is 5.10 Å². The first-order valence-electron chi connectivity index (χ1n) is 6.61. The van der Waals surface area contributed by atoms with E-state index in [-0.39, 0.29) is 10.8 Å². The number of H-pyrrole nitrogens is 1. The second-order valence-corrected chi connectivity index (χ2v) is 6.83. The standard InChI is InChI=1S/C14H18ClN3O2S/c1-4-18(12-7-5-10(2)6-8-12)21(19,20)14-11(3)16-17-13(14)9-15/h5-8H,4,9H2,1-3H3,(H,16,17). The van der Waals surface area contributed by atoms with Gasteiger partial charge in [0, 0.05) is 6.54 Å². The molecule has 0 atom stereocenters. The number of aromatic nitrogens is 2. The third kappa shape index (κ3) is 2.91. The minimum atomic E-state index is -3.69. The van der Waals surface area contributed by atoms with E-state index >= 15 is 0 Å². The smallest absolute Gasteiger partial charge is 0.268 e. The number of hydrogen-bond donors (Lipinski definition) is 1. The van der Waals surface area contributed by atoms with Crippen LogP contribution in [0, 0.1) is 13.8 Å². The Morgan fingerprint density at radius 3 is 2.38 bits per heavy atom. The fourth-order valence-corrected chi connectivity index (χ4v) is 4.30. The van der Waals surface area contributed by atoms with Crippen molar-refractivity contribution in [2.45, 2.75) is 31.5 Å². The average Bonchev–Trinajstić information content (AvgIpc) is 2.83. The zero-order chi connectivity index (χ0) is 15.6. The molecule has 1 aromatic carbocycles. The second kappa shape index (κ2) is 6.07. The maximum absolute atomic E-state index is 12.9. The number of aryl methyl sites for hydroxylation is 2. The molecule has 0 saturated carbocycles. The van der Waals surface area contributed by atoms with Gasteiger partial charge in [0.2, 0.25) is 0 Å². The molecule has 0 bridgehead atoms. The third-order valence-corrected chi connectivity index (χ3v) is 5.61. The Bertz CT molecular complexity index is 723. The van der Waals surface area contributed by atoms with Gasteiger partial charge in [0.1, 0.15) is 4.90 Å². The van der Waals surface area contributed by atoms with E-state index in [2.05, 4.69) is 10.2 Å². The van der Waals surface area contributed by atoms with Crippen LogP contribution in [0.1, 0.15) is 23.9 Å². The number of anilines is 1. The molecule has 5 nitrogen and oxygen atoms in total. The Hall–Kier alpha value is -1.53. The van der Waals surface area contributed by atoms with E-state index in [1.54, 1.807) is 26.0 Å². The SMILES string of the molecule is CCN(c1ccc(C)cc1)S(=O)(=O)c1c(CCl)n[nH]c1C. The highest BCUT2D eigenvalue weighted by Gasteiger charge is 2.30. The zero-order valence-electron chi connectivity index (χ0n) is 12.2. The van der Waals surface area contributed by atoms with Gasteiger partial charge in [-0.15, -0.1) is 11.6 Å². The zero-order valence-corrected chi connectivity index (χ0v) is 13.8. The van der Waals surface area contributed by atoms with E-state index < -0.39 is 10.0 Å².